The summed E-state index contributed by atoms with van der Waals surface area (Å²) in [5.74, 6) is 0.650. The Morgan fingerprint density at radius 2 is 2.04 bits per heavy atom. The van der Waals surface area contributed by atoms with Crippen molar-refractivity contribution in [3.8, 4) is 5.75 Å². The van der Waals surface area contributed by atoms with Crippen molar-refractivity contribution >= 4 is 27.9 Å². The average Bonchev–Trinajstić information content (AvgIpc) is 3.05. The van der Waals surface area contributed by atoms with Gasteiger partial charge in [-0.3, -0.25) is 14.0 Å². The summed E-state index contributed by atoms with van der Waals surface area (Å²) in [5, 5.41) is 4.38. The third-order valence-corrected chi connectivity index (χ3v) is 4.58. The molecule has 1 amide bonds. The molecule has 25 heavy (non-hydrogen) atoms. The van der Waals surface area contributed by atoms with Gasteiger partial charge < -0.3 is 10.1 Å². The first-order chi connectivity index (χ1) is 12.0. The van der Waals surface area contributed by atoms with Gasteiger partial charge in [0.1, 0.15) is 11.4 Å². The quantitative estimate of drug-likeness (QED) is 0.761. The van der Waals surface area contributed by atoms with Gasteiger partial charge in [-0.25, -0.2) is 4.98 Å². The molecule has 3 rings (SSSR count). The SMILES string of the molecule is Cc1nc2sccn2c(=O)c1NC(=O)COc1ccc(C(C)C)cc1. The Hall–Kier alpha value is -2.67. The number of hydrogen-bond donors (Lipinski definition) is 1. The fourth-order valence-corrected chi connectivity index (χ4v) is 3.15. The van der Waals surface area contributed by atoms with Gasteiger partial charge in [0.2, 0.25) is 0 Å². The summed E-state index contributed by atoms with van der Waals surface area (Å²) in [7, 11) is 0. The zero-order valence-electron chi connectivity index (χ0n) is 14.3. The molecule has 7 heteroatoms. The molecule has 0 saturated carbocycles. The van der Waals surface area contributed by atoms with E-state index in [2.05, 4.69) is 24.1 Å². The van der Waals surface area contributed by atoms with Crippen LogP contribution in [0.15, 0.2) is 40.6 Å². The van der Waals surface area contributed by atoms with Crippen LogP contribution in [0.25, 0.3) is 4.96 Å². The summed E-state index contributed by atoms with van der Waals surface area (Å²) in [6.45, 7) is 5.75. The average molecular weight is 357 g/mol. The van der Waals surface area contributed by atoms with Gasteiger partial charge in [0, 0.05) is 11.6 Å². The van der Waals surface area contributed by atoms with Crippen LogP contribution in [0.3, 0.4) is 0 Å². The molecule has 1 N–H and O–H groups in total. The third kappa shape index (κ3) is 3.71. The van der Waals surface area contributed by atoms with Gasteiger partial charge in [0.15, 0.2) is 11.6 Å². The fourth-order valence-electron chi connectivity index (χ4n) is 2.40. The number of benzene rings is 1. The second kappa shape index (κ2) is 7.06. The number of nitrogens with one attached hydrogen (secondary N) is 1. The Morgan fingerprint density at radius 1 is 1.32 bits per heavy atom. The van der Waals surface area contributed by atoms with Crippen LogP contribution in [0.2, 0.25) is 0 Å². The van der Waals surface area contributed by atoms with Crippen molar-refractivity contribution in [1.82, 2.24) is 9.38 Å². The van der Waals surface area contributed by atoms with Crippen molar-refractivity contribution < 1.29 is 9.53 Å². The molecule has 0 aliphatic carbocycles. The van der Waals surface area contributed by atoms with E-state index in [4.69, 9.17) is 4.74 Å². The first kappa shape index (κ1) is 17.2. The highest BCUT2D eigenvalue weighted by Crippen LogP contribution is 2.18. The maximum absolute atomic E-state index is 12.4. The van der Waals surface area contributed by atoms with Crippen molar-refractivity contribution in [1.29, 1.82) is 0 Å². The molecule has 0 fully saturated rings. The molecule has 0 unspecified atom stereocenters. The van der Waals surface area contributed by atoms with Gasteiger partial charge in [-0.05, 0) is 30.5 Å². The van der Waals surface area contributed by atoms with Gasteiger partial charge in [0.25, 0.3) is 11.5 Å². The number of anilines is 1. The number of carbonyl (C=O) groups is 1. The molecular weight excluding hydrogens is 338 g/mol. The summed E-state index contributed by atoms with van der Waals surface area (Å²) in [6.07, 6.45) is 1.64. The number of carbonyl (C=O) groups excluding carboxylic acids is 1. The lowest BCUT2D eigenvalue weighted by molar-refractivity contribution is -0.118. The maximum atomic E-state index is 12.4. The molecule has 0 aliphatic rings. The lowest BCUT2D eigenvalue weighted by Crippen LogP contribution is -2.27. The number of fused-ring (bicyclic) bond motifs is 1. The van der Waals surface area contributed by atoms with E-state index in [0.717, 1.165) is 0 Å². The standard InChI is InChI=1S/C18H19N3O3S/c1-11(2)13-4-6-14(7-5-13)24-10-15(22)20-16-12(3)19-18-21(17(16)23)8-9-25-18/h4-9,11H,10H2,1-3H3,(H,20,22). The van der Waals surface area contributed by atoms with Gasteiger partial charge in [-0.2, -0.15) is 0 Å². The van der Waals surface area contributed by atoms with E-state index in [0.29, 0.717) is 22.3 Å². The highest BCUT2D eigenvalue weighted by atomic mass is 32.1. The Kier molecular flexibility index (Phi) is 4.85. The minimum atomic E-state index is -0.398. The second-order valence-corrected chi connectivity index (χ2v) is 6.87. The normalized spacial score (nSPS) is 11.0. The number of amides is 1. The lowest BCUT2D eigenvalue weighted by Gasteiger charge is -2.10. The number of thiazole rings is 1. The van der Waals surface area contributed by atoms with Gasteiger partial charge >= 0.3 is 0 Å². The second-order valence-electron chi connectivity index (χ2n) is 5.99. The van der Waals surface area contributed by atoms with E-state index < -0.39 is 5.91 Å². The molecule has 3 aromatic rings. The first-order valence-corrected chi connectivity index (χ1v) is 8.82. The van der Waals surface area contributed by atoms with E-state index in [1.54, 1.807) is 18.5 Å². The third-order valence-electron chi connectivity index (χ3n) is 3.83. The zero-order chi connectivity index (χ0) is 18.0. The van der Waals surface area contributed by atoms with Crippen LogP contribution in [-0.4, -0.2) is 21.9 Å². The number of ether oxygens (including phenoxy) is 1. The largest absolute Gasteiger partial charge is 0.484 e. The topological polar surface area (TPSA) is 72.7 Å². The number of rotatable bonds is 5. The van der Waals surface area contributed by atoms with E-state index in [1.807, 2.05) is 24.3 Å². The predicted octanol–water partition coefficient (Wildman–Crippen LogP) is 3.21. The molecule has 0 bridgehead atoms. The van der Waals surface area contributed by atoms with Crippen LogP contribution in [0.5, 0.6) is 5.75 Å². The van der Waals surface area contributed by atoms with Crippen LogP contribution >= 0.6 is 11.3 Å². The Bertz CT molecular complexity index is 958. The lowest BCUT2D eigenvalue weighted by atomic mass is 10.0. The number of nitrogens with zero attached hydrogens (tertiary/aromatic N) is 2. The summed E-state index contributed by atoms with van der Waals surface area (Å²) in [4.78, 5) is 29.4. The highest BCUT2D eigenvalue weighted by Gasteiger charge is 2.13. The van der Waals surface area contributed by atoms with E-state index in [1.165, 1.54) is 21.3 Å². The predicted molar refractivity (Wildman–Crippen MR) is 98.7 cm³/mol. The van der Waals surface area contributed by atoms with Crippen molar-refractivity contribution in [3.63, 3.8) is 0 Å². The van der Waals surface area contributed by atoms with Crippen molar-refractivity contribution in [3.05, 3.63) is 57.5 Å². The zero-order valence-corrected chi connectivity index (χ0v) is 15.1. The number of aromatic nitrogens is 2. The summed E-state index contributed by atoms with van der Waals surface area (Å²) in [6, 6.07) is 7.62. The van der Waals surface area contributed by atoms with Crippen LogP contribution in [0.1, 0.15) is 31.0 Å². The van der Waals surface area contributed by atoms with Crippen LogP contribution in [0.4, 0.5) is 5.69 Å². The summed E-state index contributed by atoms with van der Waals surface area (Å²) in [5.41, 5.74) is 1.58. The van der Waals surface area contributed by atoms with Crippen molar-refractivity contribution in [2.75, 3.05) is 11.9 Å². The molecule has 0 aliphatic heterocycles. The molecule has 0 spiro atoms. The monoisotopic (exact) mass is 357 g/mol. The van der Waals surface area contributed by atoms with Gasteiger partial charge in [-0.1, -0.05) is 26.0 Å². The minimum absolute atomic E-state index is 0.174. The van der Waals surface area contributed by atoms with Crippen LogP contribution in [-0.2, 0) is 4.79 Å². The molecule has 0 radical (unpaired) electrons. The van der Waals surface area contributed by atoms with Gasteiger partial charge in [-0.15, -0.1) is 11.3 Å². The highest BCUT2D eigenvalue weighted by molar-refractivity contribution is 7.15. The van der Waals surface area contributed by atoms with E-state index >= 15 is 0 Å². The Balaban J connectivity index is 1.68. The Labute approximate surface area is 149 Å². The summed E-state index contributed by atoms with van der Waals surface area (Å²) < 4.78 is 6.90. The molecule has 6 nitrogen and oxygen atoms in total. The van der Waals surface area contributed by atoms with E-state index in [9.17, 15) is 9.59 Å². The molecule has 130 valence electrons. The van der Waals surface area contributed by atoms with Gasteiger partial charge in [0.05, 0.1) is 5.69 Å². The smallest absolute Gasteiger partial charge is 0.282 e. The molecular formula is C18H19N3O3S. The molecule has 1 aromatic carbocycles. The molecule has 0 saturated heterocycles. The fraction of sp³-hybridized carbons (Fsp3) is 0.278. The molecule has 2 heterocycles. The molecule has 0 atom stereocenters. The van der Waals surface area contributed by atoms with Crippen LogP contribution in [0, 0.1) is 6.92 Å². The number of hydrogen-bond acceptors (Lipinski definition) is 5. The number of aryl methyl sites for hydroxylation is 1. The molecule has 2 aromatic heterocycles. The van der Waals surface area contributed by atoms with Crippen LogP contribution < -0.4 is 15.6 Å². The summed E-state index contributed by atoms with van der Waals surface area (Å²) >= 11 is 1.37. The van der Waals surface area contributed by atoms with Crippen molar-refractivity contribution in [2.45, 2.75) is 26.7 Å². The first-order valence-electron chi connectivity index (χ1n) is 7.95. The minimum Gasteiger partial charge on any atom is -0.484 e. The van der Waals surface area contributed by atoms with E-state index in [-0.39, 0.29) is 17.9 Å². The maximum Gasteiger partial charge on any atom is 0.282 e. The Morgan fingerprint density at radius 3 is 2.72 bits per heavy atom. The van der Waals surface area contributed by atoms with Crippen molar-refractivity contribution in [2.24, 2.45) is 0 Å².